The highest BCUT2D eigenvalue weighted by molar-refractivity contribution is 8.15. The van der Waals surface area contributed by atoms with Crippen LogP contribution in [0.1, 0.15) is 24.5 Å². The maximum absolute atomic E-state index is 12.6. The maximum atomic E-state index is 12.6. The number of carbonyl (C=O) groups is 1. The highest BCUT2D eigenvalue weighted by Crippen LogP contribution is 2.30. The van der Waals surface area contributed by atoms with Crippen molar-refractivity contribution in [2.45, 2.75) is 25.1 Å². The van der Waals surface area contributed by atoms with Gasteiger partial charge in [0.15, 0.2) is 5.17 Å². The van der Waals surface area contributed by atoms with Gasteiger partial charge < -0.3 is 0 Å². The van der Waals surface area contributed by atoms with Crippen LogP contribution in [0.25, 0.3) is 0 Å². The molecule has 8 heteroatoms. The first kappa shape index (κ1) is 18.8. The predicted molar refractivity (Wildman–Crippen MR) is 107 cm³/mol. The van der Waals surface area contributed by atoms with E-state index in [0.717, 1.165) is 5.56 Å². The quantitative estimate of drug-likeness (QED) is 0.431. The molecule has 27 heavy (non-hydrogen) atoms. The van der Waals surface area contributed by atoms with E-state index in [-0.39, 0.29) is 16.8 Å². The van der Waals surface area contributed by atoms with E-state index in [1.807, 2.05) is 37.3 Å². The van der Waals surface area contributed by atoms with Crippen LogP contribution in [0.2, 0.25) is 0 Å². The number of nitrogens with zero attached hydrogens (tertiary/aromatic N) is 4. The zero-order valence-corrected chi connectivity index (χ0v) is 15.5. The Bertz CT molecular complexity index is 899. The number of thioether (sulfide) groups is 1. The van der Waals surface area contributed by atoms with Gasteiger partial charge in [-0.25, -0.2) is 0 Å². The summed E-state index contributed by atoms with van der Waals surface area (Å²) < 4.78 is 0. The van der Waals surface area contributed by atoms with Crippen molar-refractivity contribution in [2.75, 3.05) is 0 Å². The average Bonchev–Trinajstić information content (AvgIpc) is 2.98. The zero-order chi connectivity index (χ0) is 19.2. The maximum Gasteiger partial charge on any atom is 0.270 e. The Hall–Kier alpha value is -3.00. The zero-order valence-electron chi connectivity index (χ0n) is 14.7. The predicted octanol–water partition coefficient (Wildman–Crippen LogP) is 3.84. The van der Waals surface area contributed by atoms with E-state index < -0.39 is 4.92 Å². The number of carbonyl (C=O) groups excluding carboxylic acids is 1. The molecule has 1 amide bonds. The second kappa shape index (κ2) is 8.59. The third-order valence-corrected chi connectivity index (χ3v) is 5.34. The van der Waals surface area contributed by atoms with E-state index in [0.29, 0.717) is 23.7 Å². The van der Waals surface area contributed by atoms with Crippen LogP contribution in [0.4, 0.5) is 5.69 Å². The topological polar surface area (TPSA) is 88.2 Å². The first-order chi connectivity index (χ1) is 13.1. The molecule has 1 heterocycles. The van der Waals surface area contributed by atoms with Crippen molar-refractivity contribution >= 4 is 34.7 Å². The van der Waals surface area contributed by atoms with E-state index in [4.69, 9.17) is 0 Å². The number of non-ortho nitro benzene ring substituents is 1. The fraction of sp³-hybridized carbons (Fsp3) is 0.211. The molecule has 0 radical (unpaired) electrons. The van der Waals surface area contributed by atoms with E-state index >= 15 is 0 Å². The molecule has 2 aromatic carbocycles. The molecule has 0 aromatic heterocycles. The van der Waals surface area contributed by atoms with E-state index in [1.54, 1.807) is 17.0 Å². The molecule has 1 atom stereocenters. The Morgan fingerprint density at radius 3 is 2.70 bits per heavy atom. The van der Waals surface area contributed by atoms with Crippen LogP contribution >= 0.6 is 11.8 Å². The summed E-state index contributed by atoms with van der Waals surface area (Å²) in [6.07, 6.45) is 2.16. The average molecular weight is 382 g/mol. The van der Waals surface area contributed by atoms with Crippen LogP contribution in [0.15, 0.2) is 64.8 Å². The fourth-order valence-electron chi connectivity index (χ4n) is 2.62. The van der Waals surface area contributed by atoms with Crippen LogP contribution in [0.5, 0.6) is 0 Å². The molecule has 0 N–H and O–H groups in total. The summed E-state index contributed by atoms with van der Waals surface area (Å²) in [5.74, 6) is 0.0238. The molecule has 1 fully saturated rings. The molecular weight excluding hydrogens is 364 g/mol. The molecule has 1 unspecified atom stereocenters. The van der Waals surface area contributed by atoms with Crippen molar-refractivity contribution in [1.29, 1.82) is 0 Å². The Labute approximate surface area is 160 Å². The molecule has 1 aliphatic heterocycles. The fourth-order valence-corrected chi connectivity index (χ4v) is 3.65. The van der Waals surface area contributed by atoms with Gasteiger partial charge in [0.25, 0.3) is 5.69 Å². The lowest BCUT2D eigenvalue weighted by Gasteiger charge is -2.15. The summed E-state index contributed by atoms with van der Waals surface area (Å²) in [6, 6.07) is 15.8. The number of nitro benzene ring substituents is 1. The van der Waals surface area contributed by atoms with Gasteiger partial charge in [0, 0.05) is 17.7 Å². The Morgan fingerprint density at radius 1 is 1.22 bits per heavy atom. The summed E-state index contributed by atoms with van der Waals surface area (Å²) in [4.78, 5) is 24.6. The number of hydrogen-bond acceptors (Lipinski definition) is 6. The van der Waals surface area contributed by atoms with Crippen molar-refractivity contribution in [3.8, 4) is 0 Å². The molecule has 0 aliphatic carbocycles. The second-order valence-corrected chi connectivity index (χ2v) is 7.07. The van der Waals surface area contributed by atoms with Crippen LogP contribution in [0, 0.1) is 10.1 Å². The van der Waals surface area contributed by atoms with Crippen molar-refractivity contribution in [2.24, 2.45) is 10.2 Å². The van der Waals surface area contributed by atoms with Crippen molar-refractivity contribution in [1.82, 2.24) is 4.90 Å². The number of hydrogen-bond donors (Lipinski definition) is 0. The summed E-state index contributed by atoms with van der Waals surface area (Å²) in [7, 11) is 0. The molecule has 3 rings (SSSR count). The van der Waals surface area contributed by atoms with Gasteiger partial charge in [-0.1, -0.05) is 61.2 Å². The molecule has 138 valence electrons. The third kappa shape index (κ3) is 4.59. The summed E-state index contributed by atoms with van der Waals surface area (Å²) >= 11 is 1.39. The van der Waals surface area contributed by atoms with Gasteiger partial charge in [0.2, 0.25) is 5.91 Å². The molecule has 2 aromatic rings. The van der Waals surface area contributed by atoms with Gasteiger partial charge in [-0.2, -0.15) is 5.10 Å². The number of rotatable bonds is 6. The molecule has 1 aliphatic rings. The first-order valence-electron chi connectivity index (χ1n) is 8.46. The van der Waals surface area contributed by atoms with E-state index in [2.05, 4.69) is 10.2 Å². The first-order valence-corrected chi connectivity index (χ1v) is 9.34. The Balaban J connectivity index is 1.80. The van der Waals surface area contributed by atoms with Crippen molar-refractivity contribution in [3.63, 3.8) is 0 Å². The van der Waals surface area contributed by atoms with Gasteiger partial charge in [-0.15, -0.1) is 5.10 Å². The number of nitro groups is 1. The monoisotopic (exact) mass is 382 g/mol. The van der Waals surface area contributed by atoms with Crippen molar-refractivity contribution < 1.29 is 9.72 Å². The normalized spacial score (nSPS) is 18.6. The molecule has 0 saturated carbocycles. The van der Waals surface area contributed by atoms with Gasteiger partial charge in [-0.3, -0.25) is 19.8 Å². The summed E-state index contributed by atoms with van der Waals surface area (Å²) in [5.41, 5.74) is 1.58. The highest BCUT2D eigenvalue weighted by Gasteiger charge is 2.36. The highest BCUT2D eigenvalue weighted by atomic mass is 32.2. The molecule has 1 saturated heterocycles. The van der Waals surface area contributed by atoms with Gasteiger partial charge >= 0.3 is 0 Å². The molecule has 0 spiro atoms. The minimum Gasteiger partial charge on any atom is -0.284 e. The molecule has 0 bridgehead atoms. The summed E-state index contributed by atoms with van der Waals surface area (Å²) in [5, 5.41) is 19.5. The molecule has 7 nitrogen and oxygen atoms in total. The van der Waals surface area contributed by atoms with Crippen LogP contribution in [0.3, 0.4) is 0 Å². The number of amidine groups is 1. The molecular formula is C19H18N4O3S. The minimum atomic E-state index is -0.456. The SMILES string of the molecule is CCC1S/C(=N/N=C/c2cccc([N+](=O)[O-])c2)N(Cc2ccccc2)C1=O. The lowest BCUT2D eigenvalue weighted by Crippen LogP contribution is -2.31. The summed E-state index contributed by atoms with van der Waals surface area (Å²) in [6.45, 7) is 2.40. The smallest absolute Gasteiger partial charge is 0.270 e. The van der Waals surface area contributed by atoms with E-state index in [1.165, 1.54) is 30.1 Å². The van der Waals surface area contributed by atoms with Crippen LogP contribution in [-0.4, -0.2) is 32.4 Å². The Morgan fingerprint density at radius 2 is 2.00 bits per heavy atom. The lowest BCUT2D eigenvalue weighted by molar-refractivity contribution is -0.384. The largest absolute Gasteiger partial charge is 0.284 e. The number of benzene rings is 2. The number of amides is 1. The van der Waals surface area contributed by atoms with Crippen molar-refractivity contribution in [3.05, 3.63) is 75.8 Å². The lowest BCUT2D eigenvalue weighted by atomic mass is 10.2. The standard InChI is InChI=1S/C19H18N4O3S/c1-2-17-18(24)22(13-14-7-4-3-5-8-14)19(27-17)21-20-12-15-9-6-10-16(11-15)23(25)26/h3-12,17H,2,13H2,1H3/b20-12+,21-19+. The van der Waals surface area contributed by atoms with Gasteiger partial charge in [-0.05, 0) is 12.0 Å². The van der Waals surface area contributed by atoms with Crippen LogP contribution < -0.4 is 0 Å². The second-order valence-electron chi connectivity index (χ2n) is 5.90. The van der Waals surface area contributed by atoms with Gasteiger partial charge in [0.1, 0.15) is 0 Å². The Kier molecular flexibility index (Phi) is 5.97. The van der Waals surface area contributed by atoms with E-state index in [9.17, 15) is 14.9 Å². The van der Waals surface area contributed by atoms with Gasteiger partial charge in [0.05, 0.1) is 22.9 Å². The van der Waals surface area contributed by atoms with Crippen LogP contribution in [-0.2, 0) is 11.3 Å². The minimum absolute atomic E-state index is 0.00577. The third-order valence-electron chi connectivity index (χ3n) is 4.01.